The SMILES string of the molecule is C[C@@]1(c2ccccc2F)C[C@H]1[C@H](O)C(F)(F)CO. The van der Waals surface area contributed by atoms with E-state index in [2.05, 4.69) is 0 Å². The number of halogens is 3. The smallest absolute Gasteiger partial charge is 0.296 e. The van der Waals surface area contributed by atoms with Gasteiger partial charge in [-0.2, -0.15) is 0 Å². The van der Waals surface area contributed by atoms with Crippen molar-refractivity contribution in [3.8, 4) is 0 Å². The highest BCUT2D eigenvalue weighted by atomic mass is 19.3. The number of alkyl halides is 2. The van der Waals surface area contributed by atoms with E-state index in [4.69, 9.17) is 5.11 Å². The van der Waals surface area contributed by atoms with E-state index < -0.39 is 35.8 Å². The van der Waals surface area contributed by atoms with Crippen molar-refractivity contribution in [1.29, 1.82) is 0 Å². The summed E-state index contributed by atoms with van der Waals surface area (Å²) >= 11 is 0. The van der Waals surface area contributed by atoms with Crippen molar-refractivity contribution in [3.63, 3.8) is 0 Å². The Morgan fingerprint density at radius 3 is 2.61 bits per heavy atom. The number of rotatable bonds is 4. The third kappa shape index (κ3) is 2.01. The molecule has 2 nitrogen and oxygen atoms in total. The standard InChI is InChI=1S/C13H15F3O2/c1-12(8-4-2-3-5-10(8)14)6-9(12)11(18)13(15,16)7-17/h2-5,9,11,17-18H,6-7H2,1H3/t9-,11-,12-/m0/s1. The molecule has 0 spiro atoms. The fraction of sp³-hybridized carbons (Fsp3) is 0.538. The Morgan fingerprint density at radius 1 is 1.44 bits per heavy atom. The van der Waals surface area contributed by atoms with Crippen LogP contribution in [0.25, 0.3) is 0 Å². The second-order valence-corrected chi connectivity index (χ2v) is 5.07. The lowest BCUT2D eigenvalue weighted by molar-refractivity contribution is -0.145. The lowest BCUT2D eigenvalue weighted by Crippen LogP contribution is -2.40. The zero-order valence-electron chi connectivity index (χ0n) is 9.91. The summed E-state index contributed by atoms with van der Waals surface area (Å²) in [6, 6.07) is 5.97. The van der Waals surface area contributed by atoms with E-state index in [0.717, 1.165) is 0 Å². The molecule has 1 fully saturated rings. The largest absolute Gasteiger partial charge is 0.390 e. The average molecular weight is 260 g/mol. The molecule has 5 heteroatoms. The van der Waals surface area contributed by atoms with Crippen molar-refractivity contribution in [3.05, 3.63) is 35.6 Å². The first-order valence-electron chi connectivity index (χ1n) is 5.74. The summed E-state index contributed by atoms with van der Waals surface area (Å²) < 4.78 is 40.0. The third-order valence-corrected chi connectivity index (χ3v) is 3.82. The molecule has 18 heavy (non-hydrogen) atoms. The predicted molar refractivity (Wildman–Crippen MR) is 59.9 cm³/mol. The van der Waals surface area contributed by atoms with Crippen LogP contribution in [0.1, 0.15) is 18.9 Å². The molecule has 1 saturated carbocycles. The van der Waals surface area contributed by atoms with Crippen LogP contribution >= 0.6 is 0 Å². The van der Waals surface area contributed by atoms with Crippen LogP contribution < -0.4 is 0 Å². The van der Waals surface area contributed by atoms with Crippen LogP contribution in [-0.2, 0) is 5.41 Å². The zero-order valence-corrected chi connectivity index (χ0v) is 9.91. The maximum Gasteiger partial charge on any atom is 0.296 e. The number of benzene rings is 1. The molecular weight excluding hydrogens is 245 g/mol. The number of hydrogen-bond acceptors (Lipinski definition) is 2. The van der Waals surface area contributed by atoms with E-state index in [9.17, 15) is 18.3 Å². The lowest BCUT2D eigenvalue weighted by atomic mass is 9.91. The van der Waals surface area contributed by atoms with Crippen LogP contribution in [0.3, 0.4) is 0 Å². The van der Waals surface area contributed by atoms with Gasteiger partial charge in [0.2, 0.25) is 0 Å². The third-order valence-electron chi connectivity index (χ3n) is 3.82. The first-order valence-corrected chi connectivity index (χ1v) is 5.74. The van der Waals surface area contributed by atoms with Gasteiger partial charge in [-0.3, -0.25) is 0 Å². The summed E-state index contributed by atoms with van der Waals surface area (Å²) in [7, 11) is 0. The van der Waals surface area contributed by atoms with Crippen molar-refractivity contribution in [1.82, 2.24) is 0 Å². The van der Waals surface area contributed by atoms with Gasteiger partial charge in [-0.15, -0.1) is 0 Å². The van der Waals surface area contributed by atoms with Crippen LogP contribution in [0, 0.1) is 11.7 Å². The van der Waals surface area contributed by atoms with Gasteiger partial charge in [0.1, 0.15) is 18.5 Å². The fourth-order valence-electron chi connectivity index (χ4n) is 2.48. The van der Waals surface area contributed by atoms with Crippen molar-refractivity contribution in [2.45, 2.75) is 30.8 Å². The molecule has 1 aromatic carbocycles. The molecule has 0 amide bonds. The summed E-state index contributed by atoms with van der Waals surface area (Å²) in [5.41, 5.74) is -0.452. The summed E-state index contributed by atoms with van der Waals surface area (Å²) in [6.07, 6.45) is -1.67. The Bertz CT molecular complexity index is 450. The number of aliphatic hydroxyl groups excluding tert-OH is 2. The molecule has 1 aromatic rings. The summed E-state index contributed by atoms with van der Waals surface area (Å²) in [5.74, 6) is -4.74. The molecule has 0 heterocycles. The first kappa shape index (κ1) is 13.4. The maximum atomic E-state index is 13.6. The fourth-order valence-corrected chi connectivity index (χ4v) is 2.48. The van der Waals surface area contributed by atoms with Gasteiger partial charge in [0.05, 0.1) is 0 Å². The molecule has 0 unspecified atom stereocenters. The molecule has 0 saturated heterocycles. The van der Waals surface area contributed by atoms with E-state index in [0.29, 0.717) is 5.56 Å². The highest BCUT2D eigenvalue weighted by molar-refractivity contribution is 5.34. The van der Waals surface area contributed by atoms with Crippen LogP contribution in [-0.4, -0.2) is 28.8 Å². The molecule has 2 rings (SSSR count). The van der Waals surface area contributed by atoms with Crippen molar-refractivity contribution in [2.24, 2.45) is 5.92 Å². The van der Waals surface area contributed by atoms with E-state index in [1.165, 1.54) is 12.1 Å². The van der Waals surface area contributed by atoms with E-state index >= 15 is 0 Å². The lowest BCUT2D eigenvalue weighted by Gasteiger charge is -2.23. The molecule has 100 valence electrons. The quantitative estimate of drug-likeness (QED) is 0.870. The minimum atomic E-state index is -3.55. The predicted octanol–water partition coefficient (Wildman–Crippen LogP) is 2.09. The number of hydrogen-bond donors (Lipinski definition) is 2. The van der Waals surface area contributed by atoms with Crippen LogP contribution in [0.4, 0.5) is 13.2 Å². The molecular formula is C13H15F3O2. The van der Waals surface area contributed by atoms with E-state index in [-0.39, 0.29) is 6.42 Å². The number of aliphatic hydroxyl groups is 2. The van der Waals surface area contributed by atoms with Gasteiger partial charge in [-0.1, -0.05) is 25.1 Å². The van der Waals surface area contributed by atoms with Crippen LogP contribution in [0.2, 0.25) is 0 Å². The molecule has 1 aliphatic rings. The highest BCUT2D eigenvalue weighted by Gasteiger charge is 2.61. The van der Waals surface area contributed by atoms with Gasteiger partial charge in [0.25, 0.3) is 5.92 Å². The summed E-state index contributed by atoms with van der Waals surface area (Å²) in [5, 5.41) is 18.1. The Balaban J connectivity index is 2.22. The van der Waals surface area contributed by atoms with Crippen LogP contribution in [0.5, 0.6) is 0 Å². The Hall–Kier alpha value is -1.07. The topological polar surface area (TPSA) is 40.5 Å². The molecule has 2 N–H and O–H groups in total. The second kappa shape index (κ2) is 4.24. The maximum absolute atomic E-state index is 13.6. The summed E-state index contributed by atoms with van der Waals surface area (Å²) in [4.78, 5) is 0. The van der Waals surface area contributed by atoms with E-state index in [1.807, 2.05) is 0 Å². The monoisotopic (exact) mass is 260 g/mol. The molecule has 0 aliphatic heterocycles. The summed E-state index contributed by atoms with van der Waals surface area (Å²) in [6.45, 7) is 0.241. The molecule has 0 radical (unpaired) electrons. The molecule has 1 aliphatic carbocycles. The Kier molecular flexibility index (Phi) is 3.15. The van der Waals surface area contributed by atoms with Gasteiger partial charge in [-0.05, 0) is 18.1 Å². The molecule has 0 bridgehead atoms. The minimum absolute atomic E-state index is 0.282. The Labute approximate surface area is 103 Å². The van der Waals surface area contributed by atoms with Crippen LogP contribution in [0.15, 0.2) is 24.3 Å². The van der Waals surface area contributed by atoms with Crippen molar-refractivity contribution < 1.29 is 23.4 Å². The Morgan fingerprint density at radius 2 is 2.06 bits per heavy atom. The van der Waals surface area contributed by atoms with E-state index in [1.54, 1.807) is 19.1 Å². The second-order valence-electron chi connectivity index (χ2n) is 5.07. The molecule has 0 aromatic heterocycles. The van der Waals surface area contributed by atoms with Crippen molar-refractivity contribution >= 4 is 0 Å². The minimum Gasteiger partial charge on any atom is -0.390 e. The van der Waals surface area contributed by atoms with Gasteiger partial charge in [0, 0.05) is 11.3 Å². The van der Waals surface area contributed by atoms with Crippen molar-refractivity contribution in [2.75, 3.05) is 6.61 Å². The highest BCUT2D eigenvalue weighted by Crippen LogP contribution is 2.58. The molecule has 3 atom stereocenters. The van der Waals surface area contributed by atoms with Gasteiger partial charge in [0.15, 0.2) is 0 Å². The normalized spacial score (nSPS) is 29.1. The van der Waals surface area contributed by atoms with Gasteiger partial charge < -0.3 is 10.2 Å². The first-order chi connectivity index (χ1) is 8.33. The average Bonchev–Trinajstić information content (AvgIpc) is 3.02. The zero-order chi connectivity index (χ0) is 13.6. The van der Waals surface area contributed by atoms with Gasteiger partial charge >= 0.3 is 0 Å². The van der Waals surface area contributed by atoms with Gasteiger partial charge in [-0.25, -0.2) is 13.2 Å².